The summed E-state index contributed by atoms with van der Waals surface area (Å²) in [4.78, 5) is 28.3. The van der Waals surface area contributed by atoms with Gasteiger partial charge in [0.25, 0.3) is 0 Å². The number of amides is 1. The maximum atomic E-state index is 12.7. The number of fused-ring (bicyclic) bond motifs is 1. The van der Waals surface area contributed by atoms with Gasteiger partial charge in [-0.05, 0) is 44.9 Å². The largest absolute Gasteiger partial charge is 0.354 e. The lowest BCUT2D eigenvalue weighted by Gasteiger charge is -2.32. The van der Waals surface area contributed by atoms with E-state index in [4.69, 9.17) is 0 Å². The molecular weight excluding hydrogens is 352 g/mol. The van der Waals surface area contributed by atoms with Crippen LogP contribution in [0.5, 0.6) is 0 Å². The fraction of sp³-hybridized carbons (Fsp3) is 0.429. The average molecular weight is 378 g/mol. The predicted molar refractivity (Wildman–Crippen MR) is 109 cm³/mol. The van der Waals surface area contributed by atoms with Gasteiger partial charge in [0.2, 0.25) is 11.9 Å². The highest BCUT2D eigenvalue weighted by Crippen LogP contribution is 2.21. The minimum absolute atomic E-state index is 0.0299. The van der Waals surface area contributed by atoms with E-state index in [2.05, 4.69) is 29.7 Å². The van der Waals surface area contributed by atoms with Crippen LogP contribution in [-0.2, 0) is 11.3 Å². The van der Waals surface area contributed by atoms with Crippen LogP contribution in [-0.4, -0.2) is 45.1 Å². The molecule has 1 saturated heterocycles. The first-order valence-electron chi connectivity index (χ1n) is 9.85. The Bertz CT molecular complexity index is 962. The van der Waals surface area contributed by atoms with Crippen LogP contribution in [0.2, 0.25) is 0 Å². The molecule has 146 valence electrons. The zero-order valence-electron chi connectivity index (χ0n) is 16.4. The summed E-state index contributed by atoms with van der Waals surface area (Å²) in [6.45, 7) is 6.83. The first-order valence-corrected chi connectivity index (χ1v) is 9.85. The molecule has 1 atom stereocenters. The topological polar surface area (TPSA) is 75.9 Å². The summed E-state index contributed by atoms with van der Waals surface area (Å²) in [6.07, 6.45) is 3.71. The van der Waals surface area contributed by atoms with Crippen molar-refractivity contribution in [1.29, 1.82) is 0 Å². The number of aryl methyl sites for hydroxylation is 2. The van der Waals surface area contributed by atoms with Crippen molar-refractivity contribution in [2.45, 2.75) is 33.2 Å². The van der Waals surface area contributed by atoms with Crippen LogP contribution < -0.4 is 10.2 Å². The molecule has 1 N–H and O–H groups in total. The molecule has 0 unspecified atom stereocenters. The monoisotopic (exact) mass is 378 g/mol. The number of para-hydroxylation sites is 2. The number of hydrogen-bond acceptors (Lipinski definition) is 5. The molecule has 3 heterocycles. The molecular formula is C21H26N6O. The Morgan fingerprint density at radius 3 is 2.82 bits per heavy atom. The molecule has 0 aliphatic carbocycles. The van der Waals surface area contributed by atoms with Gasteiger partial charge in [0.1, 0.15) is 0 Å². The molecule has 0 spiro atoms. The van der Waals surface area contributed by atoms with Crippen LogP contribution in [0, 0.1) is 19.8 Å². The maximum Gasteiger partial charge on any atom is 0.225 e. The third kappa shape index (κ3) is 3.98. The van der Waals surface area contributed by atoms with E-state index >= 15 is 0 Å². The van der Waals surface area contributed by atoms with Gasteiger partial charge in [0.05, 0.1) is 23.3 Å². The highest BCUT2D eigenvalue weighted by Gasteiger charge is 2.27. The van der Waals surface area contributed by atoms with Gasteiger partial charge in [-0.2, -0.15) is 0 Å². The van der Waals surface area contributed by atoms with E-state index < -0.39 is 0 Å². The molecule has 28 heavy (non-hydrogen) atoms. The normalized spacial score (nSPS) is 17.1. The summed E-state index contributed by atoms with van der Waals surface area (Å²) in [5.41, 5.74) is 3.99. The van der Waals surface area contributed by atoms with Crippen LogP contribution >= 0.6 is 0 Å². The molecule has 1 aliphatic heterocycles. The first kappa shape index (κ1) is 18.4. The van der Waals surface area contributed by atoms with Gasteiger partial charge in [-0.25, -0.2) is 15.0 Å². The van der Waals surface area contributed by atoms with Gasteiger partial charge < -0.3 is 14.8 Å². The smallest absolute Gasteiger partial charge is 0.225 e. The number of hydrogen-bond donors (Lipinski definition) is 1. The molecule has 7 heteroatoms. The number of imidazole rings is 1. The molecule has 7 nitrogen and oxygen atoms in total. The fourth-order valence-corrected chi connectivity index (χ4v) is 3.85. The molecule has 2 aromatic heterocycles. The average Bonchev–Trinajstić information content (AvgIpc) is 3.10. The van der Waals surface area contributed by atoms with E-state index in [1.807, 2.05) is 50.5 Å². The number of rotatable bonds is 5. The second-order valence-corrected chi connectivity index (χ2v) is 7.45. The number of anilines is 1. The third-order valence-corrected chi connectivity index (χ3v) is 5.22. The SMILES string of the molecule is Cc1cc(C)nc(N2CCC[C@@H](C(=O)NCCn3cnc4ccccc43)C2)n1. The molecule has 4 rings (SSSR count). The minimum atomic E-state index is -0.0299. The molecule has 1 amide bonds. The quantitative estimate of drug-likeness (QED) is 0.738. The third-order valence-electron chi connectivity index (χ3n) is 5.22. The number of carbonyl (C=O) groups is 1. The number of piperidine rings is 1. The Hall–Kier alpha value is -2.96. The van der Waals surface area contributed by atoms with E-state index in [0.717, 1.165) is 47.8 Å². The number of aromatic nitrogens is 4. The number of carbonyl (C=O) groups excluding carboxylic acids is 1. The zero-order chi connectivity index (χ0) is 19.5. The van der Waals surface area contributed by atoms with Crippen LogP contribution in [0.1, 0.15) is 24.2 Å². The molecule has 3 aromatic rings. The van der Waals surface area contributed by atoms with Crippen molar-refractivity contribution in [3.8, 4) is 0 Å². The summed E-state index contributed by atoms with van der Waals surface area (Å²) in [7, 11) is 0. The molecule has 1 aliphatic rings. The summed E-state index contributed by atoms with van der Waals surface area (Å²) >= 11 is 0. The predicted octanol–water partition coefficient (Wildman–Crippen LogP) is 2.48. The van der Waals surface area contributed by atoms with Crippen LogP contribution in [0.4, 0.5) is 5.95 Å². The van der Waals surface area contributed by atoms with Crippen molar-refractivity contribution in [2.75, 3.05) is 24.5 Å². The zero-order valence-corrected chi connectivity index (χ0v) is 16.4. The van der Waals surface area contributed by atoms with Crippen LogP contribution in [0.25, 0.3) is 11.0 Å². The lowest BCUT2D eigenvalue weighted by molar-refractivity contribution is -0.125. The molecule has 1 fully saturated rings. The van der Waals surface area contributed by atoms with Crippen molar-refractivity contribution < 1.29 is 4.79 Å². The Morgan fingerprint density at radius 2 is 2.00 bits per heavy atom. The van der Waals surface area contributed by atoms with Gasteiger partial charge in [0, 0.05) is 37.6 Å². The van der Waals surface area contributed by atoms with Crippen molar-refractivity contribution in [3.05, 3.63) is 48.0 Å². The van der Waals surface area contributed by atoms with E-state index in [-0.39, 0.29) is 11.8 Å². The van der Waals surface area contributed by atoms with E-state index in [1.165, 1.54) is 0 Å². The Morgan fingerprint density at radius 1 is 1.21 bits per heavy atom. The Labute approximate surface area is 164 Å². The Balaban J connectivity index is 1.34. The summed E-state index contributed by atoms with van der Waals surface area (Å²) in [5.74, 6) is 0.816. The molecule has 0 bridgehead atoms. The highest BCUT2D eigenvalue weighted by molar-refractivity contribution is 5.79. The van der Waals surface area contributed by atoms with E-state index in [1.54, 1.807) is 0 Å². The maximum absolute atomic E-state index is 12.7. The standard InChI is InChI=1S/C21H26N6O/c1-15-12-16(2)25-21(24-15)26-10-5-6-17(13-26)20(28)22-9-11-27-14-23-18-7-3-4-8-19(18)27/h3-4,7-8,12,14,17H,5-6,9-11,13H2,1-2H3,(H,22,28)/t17-/m1/s1. The number of benzene rings is 1. The van der Waals surface area contributed by atoms with E-state index in [9.17, 15) is 4.79 Å². The van der Waals surface area contributed by atoms with Gasteiger partial charge in [0.15, 0.2) is 0 Å². The lowest BCUT2D eigenvalue weighted by Crippen LogP contribution is -2.44. The highest BCUT2D eigenvalue weighted by atomic mass is 16.1. The number of nitrogens with zero attached hydrogens (tertiary/aromatic N) is 5. The lowest BCUT2D eigenvalue weighted by atomic mass is 9.97. The second kappa shape index (κ2) is 7.96. The molecule has 0 radical (unpaired) electrons. The first-order chi connectivity index (χ1) is 13.6. The second-order valence-electron chi connectivity index (χ2n) is 7.45. The summed E-state index contributed by atoms with van der Waals surface area (Å²) < 4.78 is 2.08. The molecule has 0 saturated carbocycles. The van der Waals surface area contributed by atoms with Gasteiger partial charge in [-0.3, -0.25) is 4.79 Å². The van der Waals surface area contributed by atoms with Gasteiger partial charge >= 0.3 is 0 Å². The van der Waals surface area contributed by atoms with Crippen molar-refractivity contribution in [2.24, 2.45) is 5.92 Å². The number of nitrogens with one attached hydrogen (secondary N) is 1. The van der Waals surface area contributed by atoms with Gasteiger partial charge in [-0.1, -0.05) is 12.1 Å². The van der Waals surface area contributed by atoms with Crippen molar-refractivity contribution >= 4 is 22.9 Å². The van der Waals surface area contributed by atoms with Crippen molar-refractivity contribution in [3.63, 3.8) is 0 Å². The minimum Gasteiger partial charge on any atom is -0.354 e. The van der Waals surface area contributed by atoms with Crippen LogP contribution in [0.15, 0.2) is 36.7 Å². The van der Waals surface area contributed by atoms with E-state index in [0.29, 0.717) is 19.6 Å². The molecule has 1 aromatic carbocycles. The summed E-state index contributed by atoms with van der Waals surface area (Å²) in [6, 6.07) is 10.0. The summed E-state index contributed by atoms with van der Waals surface area (Å²) in [5, 5.41) is 3.10. The van der Waals surface area contributed by atoms with Crippen molar-refractivity contribution in [1.82, 2.24) is 24.8 Å². The fourth-order valence-electron chi connectivity index (χ4n) is 3.85. The van der Waals surface area contributed by atoms with Gasteiger partial charge in [-0.15, -0.1) is 0 Å². The van der Waals surface area contributed by atoms with Crippen LogP contribution in [0.3, 0.4) is 0 Å². The Kier molecular flexibility index (Phi) is 5.23.